The van der Waals surface area contributed by atoms with Gasteiger partial charge in [-0.3, -0.25) is 9.48 Å². The standard InChI is InChI=1S/C15H17N3O4S/c1-17-6-13(14(16-17)10-2-3-22-7-10)15(19)18-4-11-8-23(20,21)9-12(11)5-18/h2-3,6-7,11-12H,4-5,8-9H2,1H3/t11-,12+. The molecule has 2 atom stereocenters. The molecule has 2 fully saturated rings. The molecule has 0 aliphatic carbocycles. The molecule has 8 heteroatoms. The first-order chi connectivity index (χ1) is 10.9. The monoisotopic (exact) mass is 335 g/mol. The maximum Gasteiger partial charge on any atom is 0.257 e. The second-order valence-electron chi connectivity index (χ2n) is 6.38. The van der Waals surface area contributed by atoms with Gasteiger partial charge in [0, 0.05) is 31.9 Å². The van der Waals surface area contributed by atoms with E-state index in [1.807, 2.05) is 0 Å². The van der Waals surface area contributed by atoms with Crippen LogP contribution in [0.2, 0.25) is 0 Å². The largest absolute Gasteiger partial charge is 0.472 e. The van der Waals surface area contributed by atoms with E-state index in [1.54, 1.807) is 41.4 Å². The Morgan fingerprint density at radius 2 is 2.00 bits per heavy atom. The van der Waals surface area contributed by atoms with Crippen LogP contribution in [0, 0.1) is 11.8 Å². The smallest absolute Gasteiger partial charge is 0.257 e. The van der Waals surface area contributed by atoms with E-state index in [1.165, 1.54) is 0 Å². The number of hydrogen-bond acceptors (Lipinski definition) is 5. The first-order valence-corrected chi connectivity index (χ1v) is 9.31. The molecule has 0 spiro atoms. The summed E-state index contributed by atoms with van der Waals surface area (Å²) in [5, 5.41) is 4.35. The number of aromatic nitrogens is 2. The van der Waals surface area contributed by atoms with Gasteiger partial charge in [0.1, 0.15) is 5.69 Å². The van der Waals surface area contributed by atoms with E-state index in [9.17, 15) is 13.2 Å². The van der Waals surface area contributed by atoms with Gasteiger partial charge in [-0.1, -0.05) is 0 Å². The van der Waals surface area contributed by atoms with Crippen molar-refractivity contribution < 1.29 is 17.6 Å². The van der Waals surface area contributed by atoms with Gasteiger partial charge in [0.15, 0.2) is 9.84 Å². The summed E-state index contributed by atoms with van der Waals surface area (Å²) in [6.45, 7) is 1.00. The van der Waals surface area contributed by atoms with Gasteiger partial charge in [-0.15, -0.1) is 0 Å². The quantitative estimate of drug-likeness (QED) is 0.810. The Balaban J connectivity index is 1.60. The number of likely N-dealkylation sites (tertiary alicyclic amines) is 1. The molecule has 7 nitrogen and oxygen atoms in total. The van der Waals surface area contributed by atoms with Crippen LogP contribution >= 0.6 is 0 Å². The topological polar surface area (TPSA) is 85.4 Å². The number of fused-ring (bicyclic) bond motifs is 1. The molecule has 2 aromatic rings. The second kappa shape index (κ2) is 4.95. The van der Waals surface area contributed by atoms with Gasteiger partial charge < -0.3 is 9.32 Å². The van der Waals surface area contributed by atoms with Gasteiger partial charge in [0.2, 0.25) is 0 Å². The van der Waals surface area contributed by atoms with E-state index in [0.717, 1.165) is 5.56 Å². The van der Waals surface area contributed by atoms with Crippen LogP contribution in [0.25, 0.3) is 11.3 Å². The van der Waals surface area contributed by atoms with Crippen LogP contribution in [-0.4, -0.2) is 53.6 Å². The molecule has 0 saturated carbocycles. The van der Waals surface area contributed by atoms with E-state index in [-0.39, 0.29) is 29.2 Å². The van der Waals surface area contributed by atoms with Crippen LogP contribution in [0.1, 0.15) is 10.4 Å². The molecule has 4 heterocycles. The van der Waals surface area contributed by atoms with Crippen molar-refractivity contribution in [2.24, 2.45) is 18.9 Å². The van der Waals surface area contributed by atoms with Crippen molar-refractivity contribution in [1.82, 2.24) is 14.7 Å². The van der Waals surface area contributed by atoms with Crippen molar-refractivity contribution in [2.45, 2.75) is 0 Å². The number of aryl methyl sites for hydroxylation is 1. The molecule has 122 valence electrons. The van der Waals surface area contributed by atoms with E-state index in [2.05, 4.69) is 5.10 Å². The Labute approximate surface area is 133 Å². The van der Waals surface area contributed by atoms with E-state index in [4.69, 9.17) is 4.42 Å². The summed E-state index contributed by atoms with van der Waals surface area (Å²) in [7, 11) is -1.16. The Morgan fingerprint density at radius 3 is 2.61 bits per heavy atom. The van der Waals surface area contributed by atoms with Gasteiger partial charge in [0.25, 0.3) is 5.91 Å². The lowest BCUT2D eigenvalue weighted by Crippen LogP contribution is -2.31. The lowest BCUT2D eigenvalue weighted by atomic mass is 10.0. The number of hydrogen-bond donors (Lipinski definition) is 0. The minimum Gasteiger partial charge on any atom is -0.472 e. The Morgan fingerprint density at radius 1 is 1.30 bits per heavy atom. The fourth-order valence-corrected chi connectivity index (χ4v) is 5.83. The van der Waals surface area contributed by atoms with Crippen molar-refractivity contribution in [1.29, 1.82) is 0 Å². The van der Waals surface area contributed by atoms with Crippen molar-refractivity contribution in [3.8, 4) is 11.3 Å². The molecule has 0 radical (unpaired) electrons. The highest BCUT2D eigenvalue weighted by molar-refractivity contribution is 7.91. The predicted octanol–water partition coefficient (Wildman–Crippen LogP) is 0.797. The maximum absolute atomic E-state index is 12.9. The van der Waals surface area contributed by atoms with Gasteiger partial charge in [0.05, 0.1) is 29.6 Å². The van der Waals surface area contributed by atoms with Crippen LogP contribution in [0.3, 0.4) is 0 Å². The molecule has 0 unspecified atom stereocenters. The molecule has 0 aromatic carbocycles. The van der Waals surface area contributed by atoms with E-state index >= 15 is 0 Å². The molecule has 0 bridgehead atoms. The second-order valence-corrected chi connectivity index (χ2v) is 8.54. The highest BCUT2D eigenvalue weighted by atomic mass is 32.2. The van der Waals surface area contributed by atoms with E-state index < -0.39 is 9.84 Å². The molecular weight excluding hydrogens is 318 g/mol. The zero-order valence-corrected chi connectivity index (χ0v) is 13.5. The third kappa shape index (κ3) is 2.46. The van der Waals surface area contributed by atoms with Gasteiger partial charge in [-0.25, -0.2) is 8.42 Å². The van der Waals surface area contributed by atoms with Crippen molar-refractivity contribution in [2.75, 3.05) is 24.6 Å². The fourth-order valence-electron chi connectivity index (χ4n) is 3.63. The predicted molar refractivity (Wildman–Crippen MR) is 82.4 cm³/mol. The first kappa shape index (κ1) is 14.5. The molecule has 1 amide bonds. The number of sulfone groups is 1. The van der Waals surface area contributed by atoms with Crippen LogP contribution in [0.5, 0.6) is 0 Å². The Kier molecular flexibility index (Phi) is 3.12. The third-order valence-electron chi connectivity index (χ3n) is 4.65. The molecule has 0 N–H and O–H groups in total. The van der Waals surface area contributed by atoms with Gasteiger partial charge >= 0.3 is 0 Å². The average molecular weight is 335 g/mol. The minimum absolute atomic E-state index is 0.0676. The fraction of sp³-hybridized carbons (Fsp3) is 0.467. The van der Waals surface area contributed by atoms with Crippen LogP contribution in [0.15, 0.2) is 29.2 Å². The molecule has 23 heavy (non-hydrogen) atoms. The highest BCUT2D eigenvalue weighted by Gasteiger charge is 2.45. The number of rotatable bonds is 2. The summed E-state index contributed by atoms with van der Waals surface area (Å²) in [4.78, 5) is 14.6. The van der Waals surface area contributed by atoms with Crippen LogP contribution < -0.4 is 0 Å². The SMILES string of the molecule is Cn1cc(C(=O)N2C[C@@H]3CS(=O)(=O)C[C@@H]3C2)c(-c2ccoc2)n1. The number of carbonyl (C=O) groups excluding carboxylic acids is 1. The van der Waals surface area contributed by atoms with Crippen molar-refractivity contribution >= 4 is 15.7 Å². The number of nitrogens with zero attached hydrogens (tertiary/aromatic N) is 3. The molecule has 2 aliphatic heterocycles. The highest BCUT2D eigenvalue weighted by Crippen LogP contribution is 2.34. The first-order valence-electron chi connectivity index (χ1n) is 7.49. The normalized spacial score (nSPS) is 25.7. The summed E-state index contributed by atoms with van der Waals surface area (Å²) in [5.41, 5.74) is 1.88. The lowest BCUT2D eigenvalue weighted by Gasteiger charge is -2.17. The summed E-state index contributed by atoms with van der Waals surface area (Å²) in [6, 6.07) is 1.77. The van der Waals surface area contributed by atoms with Gasteiger partial charge in [-0.2, -0.15) is 5.10 Å². The Bertz CT molecular complexity index is 833. The molecule has 2 saturated heterocycles. The number of carbonyl (C=O) groups is 1. The average Bonchev–Trinajstić information content (AvgIpc) is 3.18. The maximum atomic E-state index is 12.9. The molecular formula is C15H17N3O4S. The molecule has 2 aliphatic rings. The molecule has 2 aromatic heterocycles. The molecule has 4 rings (SSSR count). The number of furan rings is 1. The summed E-state index contributed by atoms with van der Waals surface area (Å²) in [5.74, 6) is 0.434. The van der Waals surface area contributed by atoms with E-state index in [0.29, 0.717) is 24.3 Å². The summed E-state index contributed by atoms with van der Waals surface area (Å²) >= 11 is 0. The summed E-state index contributed by atoms with van der Waals surface area (Å²) in [6.07, 6.45) is 4.81. The van der Waals surface area contributed by atoms with Crippen LogP contribution in [-0.2, 0) is 16.9 Å². The van der Waals surface area contributed by atoms with Crippen molar-refractivity contribution in [3.63, 3.8) is 0 Å². The Hall–Kier alpha value is -2.09. The van der Waals surface area contributed by atoms with Gasteiger partial charge in [-0.05, 0) is 17.9 Å². The number of amides is 1. The lowest BCUT2D eigenvalue weighted by molar-refractivity contribution is 0.0785. The van der Waals surface area contributed by atoms with Crippen molar-refractivity contribution in [3.05, 3.63) is 30.4 Å². The summed E-state index contributed by atoms with van der Waals surface area (Å²) < 4.78 is 30.0. The zero-order valence-electron chi connectivity index (χ0n) is 12.7. The third-order valence-corrected chi connectivity index (χ3v) is 6.53. The zero-order chi connectivity index (χ0) is 16.2. The minimum atomic E-state index is -2.93. The van der Waals surface area contributed by atoms with Crippen LogP contribution in [0.4, 0.5) is 0 Å².